The van der Waals surface area contributed by atoms with Crippen molar-refractivity contribution in [1.29, 1.82) is 0 Å². The van der Waals surface area contributed by atoms with Gasteiger partial charge in [-0.25, -0.2) is 9.97 Å². The van der Waals surface area contributed by atoms with E-state index in [4.69, 9.17) is 5.73 Å². The van der Waals surface area contributed by atoms with Crippen LogP contribution < -0.4 is 16.0 Å². The number of nitrogens with two attached hydrogens (primary N) is 1. The molecule has 1 heterocycles. The normalized spacial score (nSPS) is 10.7. The first kappa shape index (κ1) is 22.0. The lowest BCUT2D eigenvalue weighted by atomic mass is 10.0. The van der Waals surface area contributed by atoms with Crippen molar-refractivity contribution in [2.75, 3.05) is 24.3 Å². The first-order valence-corrected chi connectivity index (χ1v) is 10.6. The molecule has 0 saturated carbocycles. The number of benzene rings is 3. The molecule has 0 spiro atoms. The van der Waals surface area contributed by atoms with Crippen molar-refractivity contribution in [1.82, 2.24) is 9.97 Å². The van der Waals surface area contributed by atoms with Gasteiger partial charge in [-0.05, 0) is 35.4 Å². The molecule has 0 aliphatic rings. The van der Waals surface area contributed by atoms with Gasteiger partial charge in [0, 0.05) is 43.7 Å². The zero-order valence-electron chi connectivity index (χ0n) is 18.6. The lowest BCUT2D eigenvalue weighted by molar-refractivity contribution is 0.0988. The quantitative estimate of drug-likeness (QED) is 0.405. The third-order valence-corrected chi connectivity index (χ3v) is 5.43. The number of amides is 1. The predicted octanol–water partition coefficient (Wildman–Crippen LogP) is 3.83. The SMILES string of the molecule is CN(C)c1cccc(C(=O)Cc2cccc(CNc3ncnc4c(C(N)=O)cccc34)c2)c1. The summed E-state index contributed by atoms with van der Waals surface area (Å²) in [6.45, 7) is 0.505. The van der Waals surface area contributed by atoms with Crippen LogP contribution in [0.25, 0.3) is 10.9 Å². The van der Waals surface area contributed by atoms with Crippen molar-refractivity contribution in [2.24, 2.45) is 5.73 Å². The van der Waals surface area contributed by atoms with Crippen LogP contribution in [-0.4, -0.2) is 35.8 Å². The number of fused-ring (bicyclic) bond motifs is 1. The number of nitrogens with one attached hydrogen (secondary N) is 1. The van der Waals surface area contributed by atoms with Gasteiger partial charge in [-0.15, -0.1) is 0 Å². The highest BCUT2D eigenvalue weighted by molar-refractivity contribution is 6.06. The molecule has 4 rings (SSSR count). The summed E-state index contributed by atoms with van der Waals surface area (Å²) >= 11 is 0. The van der Waals surface area contributed by atoms with Crippen molar-refractivity contribution in [3.05, 3.63) is 95.3 Å². The summed E-state index contributed by atoms with van der Waals surface area (Å²) in [6, 6.07) is 20.8. The molecule has 0 unspecified atom stereocenters. The average Bonchev–Trinajstić information content (AvgIpc) is 2.82. The molecule has 0 bridgehead atoms. The van der Waals surface area contributed by atoms with Crippen LogP contribution in [0.3, 0.4) is 0 Å². The Morgan fingerprint density at radius 3 is 2.48 bits per heavy atom. The predicted molar refractivity (Wildman–Crippen MR) is 131 cm³/mol. The number of anilines is 2. The third kappa shape index (κ3) is 4.98. The second kappa shape index (κ2) is 9.48. The van der Waals surface area contributed by atoms with Crippen LogP contribution >= 0.6 is 0 Å². The number of primary amides is 1. The van der Waals surface area contributed by atoms with Gasteiger partial charge in [-0.2, -0.15) is 0 Å². The van der Waals surface area contributed by atoms with E-state index in [-0.39, 0.29) is 5.78 Å². The van der Waals surface area contributed by atoms with Gasteiger partial charge >= 0.3 is 0 Å². The summed E-state index contributed by atoms with van der Waals surface area (Å²) in [4.78, 5) is 35.0. The fourth-order valence-corrected chi connectivity index (χ4v) is 3.71. The summed E-state index contributed by atoms with van der Waals surface area (Å²) in [5, 5.41) is 4.03. The van der Waals surface area contributed by atoms with Crippen LogP contribution in [0, 0.1) is 0 Å². The maximum absolute atomic E-state index is 12.8. The van der Waals surface area contributed by atoms with E-state index in [9.17, 15) is 9.59 Å². The summed E-state index contributed by atoms with van der Waals surface area (Å²) in [6.07, 6.45) is 1.73. The second-order valence-corrected chi connectivity index (χ2v) is 8.01. The molecule has 1 aromatic heterocycles. The molecular formula is C26H25N5O2. The summed E-state index contributed by atoms with van der Waals surface area (Å²) in [5.41, 5.74) is 9.99. The molecule has 3 N–H and O–H groups in total. The Morgan fingerprint density at radius 1 is 0.939 bits per heavy atom. The smallest absolute Gasteiger partial charge is 0.250 e. The molecule has 0 fully saturated rings. The van der Waals surface area contributed by atoms with Crippen molar-refractivity contribution in [3.63, 3.8) is 0 Å². The number of carbonyl (C=O) groups is 2. The second-order valence-electron chi connectivity index (χ2n) is 8.01. The minimum atomic E-state index is -0.529. The number of para-hydroxylation sites is 1. The van der Waals surface area contributed by atoms with Gasteiger partial charge in [-0.1, -0.05) is 42.5 Å². The van der Waals surface area contributed by atoms with Crippen molar-refractivity contribution < 1.29 is 9.59 Å². The van der Waals surface area contributed by atoms with Gasteiger partial charge in [-0.3, -0.25) is 9.59 Å². The van der Waals surface area contributed by atoms with Crippen LogP contribution in [0.2, 0.25) is 0 Å². The molecule has 0 aliphatic heterocycles. The van der Waals surface area contributed by atoms with E-state index >= 15 is 0 Å². The van der Waals surface area contributed by atoms with Crippen LogP contribution in [0.5, 0.6) is 0 Å². The van der Waals surface area contributed by atoms with Gasteiger partial charge < -0.3 is 16.0 Å². The summed E-state index contributed by atoms with van der Waals surface area (Å²) in [7, 11) is 3.91. The summed E-state index contributed by atoms with van der Waals surface area (Å²) in [5.74, 6) is 0.161. The van der Waals surface area contributed by atoms with Crippen LogP contribution in [0.4, 0.5) is 11.5 Å². The van der Waals surface area contributed by atoms with Crippen LogP contribution in [-0.2, 0) is 13.0 Å². The van der Waals surface area contributed by atoms with Crippen molar-refractivity contribution in [3.8, 4) is 0 Å². The maximum atomic E-state index is 12.8. The Hall–Kier alpha value is -4.26. The fraction of sp³-hybridized carbons (Fsp3) is 0.154. The number of rotatable bonds is 8. The van der Waals surface area contributed by atoms with E-state index in [1.54, 1.807) is 12.1 Å². The molecular weight excluding hydrogens is 414 g/mol. The highest BCUT2D eigenvalue weighted by atomic mass is 16.1. The minimum Gasteiger partial charge on any atom is -0.378 e. The highest BCUT2D eigenvalue weighted by Gasteiger charge is 2.12. The first-order valence-electron chi connectivity index (χ1n) is 10.6. The van der Waals surface area contributed by atoms with E-state index in [2.05, 4.69) is 15.3 Å². The standard InChI is InChI=1S/C26H25N5O2/c1-31(2)20-9-4-8-19(14-20)23(32)13-17-6-3-7-18(12-17)15-28-26-22-11-5-10-21(25(27)33)24(22)29-16-30-26/h3-12,14,16H,13,15H2,1-2H3,(H2,27,33)(H,28,29,30). The van der Waals surface area contributed by atoms with Crippen LogP contribution in [0.1, 0.15) is 31.8 Å². The number of hydrogen-bond donors (Lipinski definition) is 2. The molecule has 166 valence electrons. The number of aromatic nitrogens is 2. The van der Waals surface area contributed by atoms with Crippen molar-refractivity contribution in [2.45, 2.75) is 13.0 Å². The monoisotopic (exact) mass is 439 g/mol. The molecule has 7 heteroatoms. The largest absolute Gasteiger partial charge is 0.378 e. The van der Waals surface area contributed by atoms with E-state index in [0.29, 0.717) is 35.4 Å². The molecule has 0 saturated heterocycles. The minimum absolute atomic E-state index is 0.0737. The topological polar surface area (TPSA) is 101 Å². The number of ketones is 1. The number of hydrogen-bond acceptors (Lipinski definition) is 6. The number of Topliss-reactive ketones (excluding diaryl/α,β-unsaturated/α-hetero) is 1. The Labute approximate surface area is 192 Å². The Kier molecular flexibility index (Phi) is 6.31. The maximum Gasteiger partial charge on any atom is 0.250 e. The zero-order valence-corrected chi connectivity index (χ0v) is 18.6. The Balaban J connectivity index is 1.49. The molecule has 0 radical (unpaired) electrons. The van der Waals surface area contributed by atoms with Gasteiger partial charge in [0.1, 0.15) is 12.1 Å². The van der Waals surface area contributed by atoms with E-state index in [0.717, 1.165) is 22.2 Å². The summed E-state index contributed by atoms with van der Waals surface area (Å²) < 4.78 is 0. The van der Waals surface area contributed by atoms with E-state index in [1.807, 2.05) is 73.6 Å². The fourth-order valence-electron chi connectivity index (χ4n) is 3.71. The lowest BCUT2D eigenvalue weighted by Gasteiger charge is -2.13. The zero-order chi connectivity index (χ0) is 23.4. The lowest BCUT2D eigenvalue weighted by Crippen LogP contribution is -2.12. The molecule has 0 aliphatic carbocycles. The van der Waals surface area contributed by atoms with Gasteiger partial charge in [0.2, 0.25) is 0 Å². The Morgan fingerprint density at radius 2 is 1.70 bits per heavy atom. The van der Waals surface area contributed by atoms with Gasteiger partial charge in [0.05, 0.1) is 11.1 Å². The molecule has 33 heavy (non-hydrogen) atoms. The molecule has 7 nitrogen and oxygen atoms in total. The van der Waals surface area contributed by atoms with E-state index in [1.165, 1.54) is 6.33 Å². The van der Waals surface area contributed by atoms with Crippen LogP contribution in [0.15, 0.2) is 73.1 Å². The Bertz CT molecular complexity index is 1330. The number of carbonyl (C=O) groups excluding carboxylic acids is 2. The molecule has 4 aromatic rings. The van der Waals surface area contributed by atoms with Crippen molar-refractivity contribution >= 4 is 34.1 Å². The first-order chi connectivity index (χ1) is 15.9. The third-order valence-electron chi connectivity index (χ3n) is 5.43. The molecule has 1 amide bonds. The molecule has 0 atom stereocenters. The van der Waals surface area contributed by atoms with Gasteiger partial charge in [0.15, 0.2) is 5.78 Å². The molecule has 3 aromatic carbocycles. The number of nitrogens with zero attached hydrogens (tertiary/aromatic N) is 3. The highest BCUT2D eigenvalue weighted by Crippen LogP contribution is 2.23. The van der Waals surface area contributed by atoms with E-state index < -0.39 is 5.91 Å². The average molecular weight is 440 g/mol. The van der Waals surface area contributed by atoms with Gasteiger partial charge in [0.25, 0.3) is 5.91 Å².